The molecule has 2 N–H and O–H groups in total. The van der Waals surface area contributed by atoms with Gasteiger partial charge in [-0.3, -0.25) is 30.2 Å². The smallest absolute Gasteiger partial charge is 0.312 e. The summed E-state index contributed by atoms with van der Waals surface area (Å²) >= 11 is 6.32. The Hall–Kier alpha value is -3.64. The largest absolute Gasteiger partial charge is 0.502 e. The molecule has 0 radical (unpaired) electrons. The van der Waals surface area contributed by atoms with Gasteiger partial charge in [0.15, 0.2) is 0 Å². The number of halogens is 2. The molecule has 0 heterocycles. The Bertz CT molecular complexity index is 1180. The fourth-order valence-electron chi connectivity index (χ4n) is 2.60. The molecule has 3 rings (SSSR count). The zero-order valence-electron chi connectivity index (χ0n) is 15.8. The lowest BCUT2D eigenvalue weighted by atomic mass is 10.2. The third kappa shape index (κ3) is 5.34. The molecule has 3 aromatic carbocycles. The standard InChI is InChI=1S/C20H12Br2N4O6/c21-13-5-11(19(27)17(7-13)25(29)30)9-23-15-1-2-16(4-3-15)24-10-12-6-14(22)8-18(20(12)28)26(31)32/h1-10,27-28H/b23-9+,24-10+. The van der Waals surface area contributed by atoms with Gasteiger partial charge in [0, 0.05) is 44.6 Å². The van der Waals surface area contributed by atoms with Crippen molar-refractivity contribution in [1.82, 2.24) is 0 Å². The van der Waals surface area contributed by atoms with E-state index in [0.717, 1.165) is 0 Å². The van der Waals surface area contributed by atoms with E-state index in [-0.39, 0.29) is 11.1 Å². The van der Waals surface area contributed by atoms with E-state index >= 15 is 0 Å². The highest BCUT2D eigenvalue weighted by Crippen LogP contribution is 2.34. The monoisotopic (exact) mass is 562 g/mol. The molecule has 0 saturated heterocycles. The van der Waals surface area contributed by atoms with Crippen LogP contribution in [0.3, 0.4) is 0 Å². The third-order valence-corrected chi connectivity index (χ3v) is 5.03. The van der Waals surface area contributed by atoms with Gasteiger partial charge in [-0.15, -0.1) is 0 Å². The molecule has 12 heteroatoms. The van der Waals surface area contributed by atoms with Crippen molar-refractivity contribution in [2.24, 2.45) is 9.98 Å². The van der Waals surface area contributed by atoms with Crippen LogP contribution in [0.25, 0.3) is 0 Å². The molecular weight excluding hydrogens is 552 g/mol. The summed E-state index contributed by atoms with van der Waals surface area (Å²) in [4.78, 5) is 29.0. The lowest BCUT2D eigenvalue weighted by molar-refractivity contribution is -0.386. The molecule has 0 aliphatic heterocycles. The van der Waals surface area contributed by atoms with Gasteiger partial charge in [-0.05, 0) is 36.4 Å². The quantitative estimate of drug-likeness (QED) is 0.215. The summed E-state index contributed by atoms with van der Waals surface area (Å²) < 4.78 is 0.841. The van der Waals surface area contributed by atoms with Gasteiger partial charge >= 0.3 is 11.4 Å². The van der Waals surface area contributed by atoms with E-state index in [9.17, 15) is 30.4 Å². The second kappa shape index (κ2) is 9.66. The lowest BCUT2D eigenvalue weighted by Gasteiger charge is -2.02. The van der Waals surface area contributed by atoms with E-state index in [2.05, 4.69) is 41.8 Å². The molecule has 0 aliphatic carbocycles. The first-order valence-corrected chi connectivity index (χ1v) is 10.3. The van der Waals surface area contributed by atoms with Crippen molar-refractivity contribution in [3.05, 3.63) is 88.8 Å². The Morgan fingerprint density at radius 1 is 0.719 bits per heavy atom. The third-order valence-electron chi connectivity index (χ3n) is 4.12. The fraction of sp³-hybridized carbons (Fsp3) is 0. The van der Waals surface area contributed by atoms with Crippen LogP contribution in [0.5, 0.6) is 11.5 Å². The number of aliphatic imine (C=N–C) groups is 2. The highest BCUT2D eigenvalue weighted by Gasteiger charge is 2.18. The topological polar surface area (TPSA) is 151 Å². The van der Waals surface area contributed by atoms with E-state index in [0.29, 0.717) is 20.3 Å². The fourth-order valence-corrected chi connectivity index (χ4v) is 3.53. The number of nitrogens with zero attached hydrogens (tertiary/aromatic N) is 4. The van der Waals surface area contributed by atoms with Crippen LogP contribution in [0.4, 0.5) is 22.7 Å². The average molecular weight is 564 g/mol. The Morgan fingerprint density at radius 3 is 1.38 bits per heavy atom. The molecule has 0 saturated carbocycles. The van der Waals surface area contributed by atoms with Crippen LogP contribution in [-0.2, 0) is 0 Å². The minimum atomic E-state index is -0.693. The molecule has 162 valence electrons. The molecule has 10 nitrogen and oxygen atoms in total. The van der Waals surface area contributed by atoms with Crippen molar-refractivity contribution >= 4 is 67.0 Å². The first kappa shape index (κ1) is 23.0. The van der Waals surface area contributed by atoms with Gasteiger partial charge < -0.3 is 10.2 Å². The molecule has 0 bridgehead atoms. The Labute approximate surface area is 197 Å². The van der Waals surface area contributed by atoms with Crippen molar-refractivity contribution < 1.29 is 20.1 Å². The minimum Gasteiger partial charge on any atom is -0.502 e. The Balaban J connectivity index is 1.81. The van der Waals surface area contributed by atoms with Crippen molar-refractivity contribution in [3.8, 4) is 11.5 Å². The van der Waals surface area contributed by atoms with Crippen molar-refractivity contribution in [2.75, 3.05) is 0 Å². The normalized spacial score (nSPS) is 11.3. The molecule has 0 spiro atoms. The zero-order chi connectivity index (χ0) is 23.4. The predicted molar refractivity (Wildman–Crippen MR) is 126 cm³/mol. The van der Waals surface area contributed by atoms with Gasteiger partial charge in [-0.1, -0.05) is 31.9 Å². The Morgan fingerprint density at radius 2 is 1.06 bits per heavy atom. The SMILES string of the molecule is O=[N+]([O-])c1cc(Br)cc(/C=N/c2ccc(/N=C/c3cc(Br)cc([N+](=O)[O-])c3O)cc2)c1O. The summed E-state index contributed by atoms with van der Waals surface area (Å²) in [5.41, 5.74) is 0.432. The number of rotatable bonds is 6. The van der Waals surface area contributed by atoms with Crippen LogP contribution in [-0.4, -0.2) is 32.5 Å². The number of hydrogen-bond donors (Lipinski definition) is 2. The van der Waals surface area contributed by atoms with Gasteiger partial charge in [0.25, 0.3) is 0 Å². The maximum absolute atomic E-state index is 11.0. The van der Waals surface area contributed by atoms with Crippen molar-refractivity contribution in [3.63, 3.8) is 0 Å². The summed E-state index contributed by atoms with van der Waals surface area (Å²) in [5, 5.41) is 42.1. The van der Waals surface area contributed by atoms with Crippen LogP contribution in [0.1, 0.15) is 11.1 Å². The second-order valence-electron chi connectivity index (χ2n) is 6.27. The average Bonchev–Trinajstić information content (AvgIpc) is 2.74. The van der Waals surface area contributed by atoms with Crippen LogP contribution < -0.4 is 0 Å². The van der Waals surface area contributed by atoms with E-state index in [1.54, 1.807) is 24.3 Å². The highest BCUT2D eigenvalue weighted by atomic mass is 79.9. The number of hydrogen-bond acceptors (Lipinski definition) is 8. The molecule has 32 heavy (non-hydrogen) atoms. The van der Waals surface area contributed by atoms with Crippen molar-refractivity contribution in [1.29, 1.82) is 0 Å². The van der Waals surface area contributed by atoms with Gasteiger partial charge in [0.2, 0.25) is 11.5 Å². The lowest BCUT2D eigenvalue weighted by Crippen LogP contribution is -1.92. The number of nitro benzene ring substituents is 2. The van der Waals surface area contributed by atoms with E-state index in [1.165, 1.54) is 36.7 Å². The summed E-state index contributed by atoms with van der Waals surface area (Å²) in [6, 6.07) is 11.9. The summed E-state index contributed by atoms with van der Waals surface area (Å²) in [6.45, 7) is 0. The maximum atomic E-state index is 11.0. The second-order valence-corrected chi connectivity index (χ2v) is 8.10. The molecule has 0 unspecified atom stereocenters. The van der Waals surface area contributed by atoms with Gasteiger partial charge in [0.05, 0.1) is 21.2 Å². The molecule has 0 aliphatic rings. The summed E-state index contributed by atoms with van der Waals surface area (Å²) in [5.74, 6) is -0.989. The number of benzene rings is 3. The van der Waals surface area contributed by atoms with E-state index < -0.39 is 32.7 Å². The number of phenolic OH excluding ortho intramolecular Hbond substituents is 2. The van der Waals surface area contributed by atoms with Crippen molar-refractivity contribution in [2.45, 2.75) is 0 Å². The number of phenols is 2. The number of aromatic hydroxyl groups is 2. The molecular formula is C20H12Br2N4O6. The zero-order valence-corrected chi connectivity index (χ0v) is 19.0. The maximum Gasteiger partial charge on any atom is 0.312 e. The molecule has 3 aromatic rings. The number of nitro groups is 2. The molecule has 0 fully saturated rings. The van der Waals surface area contributed by atoms with Crippen LogP contribution >= 0.6 is 31.9 Å². The first-order chi connectivity index (χ1) is 15.2. The van der Waals surface area contributed by atoms with Crippen LogP contribution in [0.15, 0.2) is 67.5 Å². The predicted octanol–water partition coefficient (Wildman–Crippen LogP) is 5.94. The summed E-state index contributed by atoms with van der Waals surface area (Å²) in [6.07, 6.45) is 2.59. The highest BCUT2D eigenvalue weighted by molar-refractivity contribution is 9.10. The van der Waals surface area contributed by atoms with Gasteiger partial charge in [-0.2, -0.15) is 0 Å². The molecule has 0 amide bonds. The molecule has 0 aromatic heterocycles. The van der Waals surface area contributed by atoms with Gasteiger partial charge in [-0.25, -0.2) is 0 Å². The van der Waals surface area contributed by atoms with Crippen LogP contribution in [0, 0.1) is 20.2 Å². The Kier molecular flexibility index (Phi) is 6.95. The first-order valence-electron chi connectivity index (χ1n) is 8.67. The van der Waals surface area contributed by atoms with Gasteiger partial charge in [0.1, 0.15) is 0 Å². The van der Waals surface area contributed by atoms with E-state index in [1.807, 2.05) is 0 Å². The van der Waals surface area contributed by atoms with Crippen LogP contribution in [0.2, 0.25) is 0 Å². The molecule has 0 atom stereocenters. The van der Waals surface area contributed by atoms with E-state index in [4.69, 9.17) is 0 Å². The minimum absolute atomic E-state index is 0.167. The summed E-state index contributed by atoms with van der Waals surface area (Å²) in [7, 11) is 0.